The minimum Gasteiger partial charge on any atom is -0.475 e. The average Bonchev–Trinajstić information content (AvgIpc) is 3.17. The fourth-order valence-corrected chi connectivity index (χ4v) is 3.39. The van der Waals surface area contributed by atoms with Crippen LogP contribution in [0.1, 0.15) is 15.9 Å². The summed E-state index contributed by atoms with van der Waals surface area (Å²) in [6, 6.07) is 7.80. The summed E-state index contributed by atoms with van der Waals surface area (Å²) in [6.45, 7) is 0.883. The Labute approximate surface area is 181 Å². The number of benzene rings is 1. The number of nitro benzene ring substituents is 1. The molecular weight excluding hydrogens is 424 g/mol. The zero-order valence-electron chi connectivity index (χ0n) is 16.8. The number of hydrogen-bond acceptors (Lipinski definition) is 9. The molecule has 0 spiro atoms. The number of nitro groups is 1. The lowest BCUT2D eigenvalue weighted by atomic mass is 10.2. The Kier molecular flexibility index (Phi) is 7.51. The lowest BCUT2D eigenvalue weighted by molar-refractivity contribution is -0.387. The molecule has 0 saturated carbocycles. The second-order valence-electron chi connectivity index (χ2n) is 6.26. The minimum absolute atomic E-state index is 0.151. The van der Waals surface area contributed by atoms with Crippen molar-refractivity contribution < 1.29 is 19.2 Å². The standard InChI is InChI=1S/C19H20N6O5S/c1-24-12-22-23-19(24)31-16-6-5-13(10-15(16)25(27)28)17(26)21-11-14-4-3-7-20-18(14)30-9-8-29-2/h3-7,10,12H,8-9,11H2,1-2H3,(H,21,26). The molecule has 11 nitrogen and oxygen atoms in total. The van der Waals surface area contributed by atoms with Gasteiger partial charge in [0, 0.05) is 44.1 Å². The normalized spacial score (nSPS) is 10.6. The summed E-state index contributed by atoms with van der Waals surface area (Å²) in [5.41, 5.74) is 0.654. The number of amides is 1. The van der Waals surface area contributed by atoms with Crippen molar-refractivity contribution in [2.24, 2.45) is 7.05 Å². The van der Waals surface area contributed by atoms with E-state index in [1.807, 2.05) is 0 Å². The van der Waals surface area contributed by atoms with E-state index in [-0.39, 0.29) is 17.8 Å². The van der Waals surface area contributed by atoms with E-state index in [1.54, 1.807) is 37.1 Å². The van der Waals surface area contributed by atoms with Crippen LogP contribution in [-0.4, -0.2) is 50.9 Å². The smallest absolute Gasteiger partial charge is 0.284 e. The molecule has 0 aliphatic carbocycles. The Morgan fingerprint density at radius 2 is 2.16 bits per heavy atom. The summed E-state index contributed by atoms with van der Waals surface area (Å²) in [4.78, 5) is 28.1. The van der Waals surface area contributed by atoms with Gasteiger partial charge in [0.2, 0.25) is 5.88 Å². The molecule has 1 N–H and O–H groups in total. The number of pyridine rings is 1. The highest BCUT2D eigenvalue weighted by molar-refractivity contribution is 7.99. The van der Waals surface area contributed by atoms with Crippen molar-refractivity contribution >= 4 is 23.4 Å². The third-order valence-corrected chi connectivity index (χ3v) is 5.22. The molecule has 0 aliphatic rings. The van der Waals surface area contributed by atoms with Crippen molar-refractivity contribution in [2.75, 3.05) is 20.3 Å². The van der Waals surface area contributed by atoms with Crippen LogP contribution < -0.4 is 10.1 Å². The average molecular weight is 444 g/mol. The van der Waals surface area contributed by atoms with Gasteiger partial charge in [-0.15, -0.1) is 10.2 Å². The van der Waals surface area contributed by atoms with E-state index in [4.69, 9.17) is 9.47 Å². The van der Waals surface area contributed by atoms with E-state index in [0.29, 0.717) is 34.7 Å². The Balaban J connectivity index is 1.72. The molecule has 0 saturated heterocycles. The first kappa shape index (κ1) is 22.2. The summed E-state index contributed by atoms with van der Waals surface area (Å²) in [5.74, 6) is -0.0636. The molecule has 1 amide bonds. The van der Waals surface area contributed by atoms with Crippen molar-refractivity contribution in [3.63, 3.8) is 0 Å². The van der Waals surface area contributed by atoms with E-state index in [1.165, 1.54) is 24.5 Å². The maximum Gasteiger partial charge on any atom is 0.284 e. The lowest BCUT2D eigenvalue weighted by Gasteiger charge is -2.11. The third-order valence-electron chi connectivity index (χ3n) is 4.10. The quantitative estimate of drug-likeness (QED) is 0.284. The molecule has 12 heteroatoms. The van der Waals surface area contributed by atoms with Crippen LogP contribution in [0.15, 0.2) is 52.9 Å². The first-order valence-electron chi connectivity index (χ1n) is 9.13. The number of hydrogen-bond donors (Lipinski definition) is 1. The number of aryl methyl sites for hydroxylation is 1. The van der Waals surface area contributed by atoms with Crippen LogP contribution >= 0.6 is 11.8 Å². The summed E-state index contributed by atoms with van der Waals surface area (Å²) in [5, 5.41) is 22.5. The van der Waals surface area contributed by atoms with Crippen molar-refractivity contribution in [3.8, 4) is 5.88 Å². The predicted octanol–water partition coefficient (Wildman–Crippen LogP) is 2.22. The number of methoxy groups -OCH3 is 1. The third kappa shape index (κ3) is 5.77. The monoisotopic (exact) mass is 444 g/mol. The van der Waals surface area contributed by atoms with Gasteiger partial charge in [-0.3, -0.25) is 14.9 Å². The zero-order chi connectivity index (χ0) is 22.2. The van der Waals surface area contributed by atoms with E-state index in [9.17, 15) is 14.9 Å². The predicted molar refractivity (Wildman–Crippen MR) is 111 cm³/mol. The molecule has 0 fully saturated rings. The maximum absolute atomic E-state index is 12.6. The molecule has 3 aromatic rings. The van der Waals surface area contributed by atoms with Crippen LogP contribution in [0.4, 0.5) is 5.69 Å². The number of nitrogens with zero attached hydrogens (tertiary/aromatic N) is 5. The Hall–Kier alpha value is -3.51. The molecular formula is C19H20N6O5S. The summed E-state index contributed by atoms with van der Waals surface area (Å²) >= 11 is 1.10. The molecule has 162 valence electrons. The largest absolute Gasteiger partial charge is 0.475 e. The van der Waals surface area contributed by atoms with Crippen molar-refractivity contribution in [1.29, 1.82) is 0 Å². The SMILES string of the molecule is COCCOc1ncccc1CNC(=O)c1ccc(Sc2nncn2C)c([N+](=O)[O-])c1. The highest BCUT2D eigenvalue weighted by Gasteiger charge is 2.20. The Bertz CT molecular complexity index is 1070. The van der Waals surface area contributed by atoms with Gasteiger partial charge in [0.15, 0.2) is 5.16 Å². The van der Waals surface area contributed by atoms with Crippen molar-refractivity contribution in [2.45, 2.75) is 16.6 Å². The van der Waals surface area contributed by atoms with Gasteiger partial charge in [0.1, 0.15) is 12.9 Å². The fourth-order valence-electron chi connectivity index (χ4n) is 2.54. The van der Waals surface area contributed by atoms with Gasteiger partial charge in [-0.05, 0) is 30.0 Å². The summed E-state index contributed by atoms with van der Waals surface area (Å²) < 4.78 is 12.1. The molecule has 2 heterocycles. The molecule has 3 rings (SSSR count). The first-order chi connectivity index (χ1) is 15.0. The van der Waals surface area contributed by atoms with Gasteiger partial charge in [0.05, 0.1) is 16.4 Å². The zero-order valence-corrected chi connectivity index (χ0v) is 17.7. The highest BCUT2D eigenvalue weighted by Crippen LogP contribution is 2.34. The Morgan fingerprint density at radius 3 is 2.87 bits per heavy atom. The lowest BCUT2D eigenvalue weighted by Crippen LogP contribution is -2.23. The Morgan fingerprint density at radius 1 is 1.32 bits per heavy atom. The molecule has 0 radical (unpaired) electrons. The van der Waals surface area contributed by atoms with Gasteiger partial charge < -0.3 is 19.4 Å². The second-order valence-corrected chi connectivity index (χ2v) is 7.27. The number of carbonyl (C=O) groups is 1. The fraction of sp³-hybridized carbons (Fsp3) is 0.263. The molecule has 0 bridgehead atoms. The minimum atomic E-state index is -0.529. The first-order valence-corrected chi connectivity index (χ1v) is 9.95. The van der Waals surface area contributed by atoms with Crippen LogP contribution in [0.2, 0.25) is 0 Å². The van der Waals surface area contributed by atoms with E-state index in [2.05, 4.69) is 20.5 Å². The summed E-state index contributed by atoms with van der Waals surface area (Å²) in [7, 11) is 3.31. The topological polar surface area (TPSA) is 134 Å². The highest BCUT2D eigenvalue weighted by atomic mass is 32.2. The van der Waals surface area contributed by atoms with E-state index >= 15 is 0 Å². The van der Waals surface area contributed by atoms with Crippen LogP contribution in [0.25, 0.3) is 0 Å². The van der Waals surface area contributed by atoms with Crippen LogP contribution in [0.5, 0.6) is 5.88 Å². The molecule has 0 atom stereocenters. The van der Waals surface area contributed by atoms with Gasteiger partial charge in [0.25, 0.3) is 11.6 Å². The number of carbonyl (C=O) groups excluding carboxylic acids is 1. The van der Waals surface area contributed by atoms with Crippen LogP contribution in [0, 0.1) is 10.1 Å². The number of aromatic nitrogens is 4. The molecule has 31 heavy (non-hydrogen) atoms. The molecule has 0 unspecified atom stereocenters. The van der Waals surface area contributed by atoms with E-state index < -0.39 is 10.8 Å². The number of rotatable bonds is 10. The van der Waals surface area contributed by atoms with Crippen molar-refractivity contribution in [1.82, 2.24) is 25.1 Å². The van der Waals surface area contributed by atoms with E-state index in [0.717, 1.165) is 11.8 Å². The van der Waals surface area contributed by atoms with Gasteiger partial charge in [-0.25, -0.2) is 4.98 Å². The van der Waals surface area contributed by atoms with Gasteiger partial charge in [-0.1, -0.05) is 6.07 Å². The van der Waals surface area contributed by atoms with Gasteiger partial charge >= 0.3 is 0 Å². The maximum atomic E-state index is 12.6. The molecule has 1 aromatic carbocycles. The van der Waals surface area contributed by atoms with Crippen molar-refractivity contribution in [3.05, 3.63) is 64.1 Å². The summed E-state index contributed by atoms with van der Waals surface area (Å²) in [6.07, 6.45) is 3.09. The second kappa shape index (κ2) is 10.5. The molecule has 2 aromatic heterocycles. The number of nitrogens with one attached hydrogen (secondary N) is 1. The van der Waals surface area contributed by atoms with Crippen LogP contribution in [0.3, 0.4) is 0 Å². The van der Waals surface area contributed by atoms with Gasteiger partial charge in [-0.2, -0.15) is 0 Å². The van der Waals surface area contributed by atoms with Crippen LogP contribution in [-0.2, 0) is 18.3 Å². The molecule has 0 aliphatic heterocycles. The number of ether oxygens (including phenoxy) is 2.